The first kappa shape index (κ1) is 14.5. The van der Waals surface area contributed by atoms with E-state index in [1.807, 2.05) is 27.7 Å². The Kier molecular flexibility index (Phi) is 4.95. The van der Waals surface area contributed by atoms with E-state index in [-0.39, 0.29) is 29.8 Å². The van der Waals surface area contributed by atoms with Crippen LogP contribution in [-0.2, 0) is 14.3 Å². The fraction of sp³-hybridized carbons (Fsp3) is 0.923. The minimum atomic E-state index is -0.310. The van der Waals surface area contributed by atoms with Crippen LogP contribution in [0.5, 0.6) is 0 Å². The molecule has 0 aromatic carbocycles. The number of hydrogen-bond acceptors (Lipinski definition) is 4. The first-order chi connectivity index (χ1) is 7.76. The molecule has 0 bridgehead atoms. The lowest BCUT2D eigenvalue weighted by Crippen LogP contribution is -2.36. The topological polar surface area (TPSA) is 61.5 Å². The van der Waals surface area contributed by atoms with Gasteiger partial charge in [0.05, 0.1) is 12.2 Å². The van der Waals surface area contributed by atoms with E-state index in [9.17, 15) is 4.79 Å². The molecule has 1 aliphatic heterocycles. The van der Waals surface area contributed by atoms with E-state index in [2.05, 4.69) is 0 Å². The zero-order chi connectivity index (χ0) is 13.1. The van der Waals surface area contributed by atoms with Gasteiger partial charge in [-0.05, 0) is 34.1 Å². The summed E-state index contributed by atoms with van der Waals surface area (Å²) in [7, 11) is 0. The van der Waals surface area contributed by atoms with Crippen LogP contribution in [0.1, 0.15) is 53.4 Å². The molecule has 4 heteroatoms. The van der Waals surface area contributed by atoms with Crippen molar-refractivity contribution in [3.05, 3.63) is 0 Å². The summed E-state index contributed by atoms with van der Waals surface area (Å²) in [5.41, 5.74) is 5.52. The van der Waals surface area contributed by atoms with Crippen LogP contribution in [0, 0.1) is 0 Å². The van der Waals surface area contributed by atoms with E-state index >= 15 is 0 Å². The summed E-state index contributed by atoms with van der Waals surface area (Å²) in [6, 6.07) is 0. The second-order valence-corrected chi connectivity index (χ2v) is 5.83. The summed E-state index contributed by atoms with van der Waals surface area (Å²) in [6.07, 6.45) is 2.97. The lowest BCUT2D eigenvalue weighted by molar-refractivity contribution is -0.160. The normalized spacial score (nSPS) is 30.1. The summed E-state index contributed by atoms with van der Waals surface area (Å²) < 4.78 is 11.1. The summed E-state index contributed by atoms with van der Waals surface area (Å²) >= 11 is 0. The van der Waals surface area contributed by atoms with Gasteiger partial charge in [-0.15, -0.1) is 0 Å². The third kappa shape index (κ3) is 6.03. The van der Waals surface area contributed by atoms with Crippen LogP contribution in [0.15, 0.2) is 0 Å². The zero-order valence-electron chi connectivity index (χ0n) is 11.4. The van der Waals surface area contributed by atoms with Gasteiger partial charge in [0.15, 0.2) is 0 Å². The minimum absolute atomic E-state index is 0.00198. The second kappa shape index (κ2) is 5.83. The molecular weight excluding hydrogens is 218 g/mol. The van der Waals surface area contributed by atoms with Gasteiger partial charge in [-0.3, -0.25) is 4.79 Å². The van der Waals surface area contributed by atoms with E-state index in [0.717, 1.165) is 12.8 Å². The van der Waals surface area contributed by atoms with Gasteiger partial charge < -0.3 is 15.2 Å². The van der Waals surface area contributed by atoms with Crippen molar-refractivity contribution in [2.45, 2.75) is 77.2 Å². The van der Waals surface area contributed by atoms with Crippen molar-refractivity contribution in [3.8, 4) is 0 Å². The number of carbonyl (C=O) groups excluding carboxylic acids is 1. The predicted molar refractivity (Wildman–Crippen MR) is 66.6 cm³/mol. The zero-order valence-corrected chi connectivity index (χ0v) is 11.4. The first-order valence-electron chi connectivity index (χ1n) is 6.40. The number of hydrogen-bond donors (Lipinski definition) is 1. The van der Waals surface area contributed by atoms with E-state index in [1.165, 1.54) is 0 Å². The fourth-order valence-electron chi connectivity index (χ4n) is 2.11. The summed E-state index contributed by atoms with van der Waals surface area (Å²) in [6.45, 7) is 7.86. The van der Waals surface area contributed by atoms with E-state index in [4.69, 9.17) is 15.2 Å². The van der Waals surface area contributed by atoms with Crippen LogP contribution in [-0.4, -0.2) is 29.8 Å². The summed E-state index contributed by atoms with van der Waals surface area (Å²) in [4.78, 5) is 11.7. The third-order valence-corrected chi connectivity index (χ3v) is 2.93. The SMILES string of the molecule is CC1CC(OC(=O)CCC(C)(C)N)CC(C)O1. The minimum Gasteiger partial charge on any atom is -0.462 e. The molecule has 1 saturated heterocycles. The Hall–Kier alpha value is -0.610. The molecule has 17 heavy (non-hydrogen) atoms. The van der Waals surface area contributed by atoms with Crippen LogP contribution < -0.4 is 5.73 Å². The molecule has 0 aromatic rings. The van der Waals surface area contributed by atoms with Crippen molar-refractivity contribution in [2.24, 2.45) is 5.73 Å². The van der Waals surface area contributed by atoms with Gasteiger partial charge in [-0.2, -0.15) is 0 Å². The Morgan fingerprint density at radius 3 is 2.35 bits per heavy atom. The van der Waals surface area contributed by atoms with Gasteiger partial charge in [-0.25, -0.2) is 0 Å². The van der Waals surface area contributed by atoms with Crippen LogP contribution in [0.3, 0.4) is 0 Å². The highest BCUT2D eigenvalue weighted by molar-refractivity contribution is 5.69. The lowest BCUT2D eigenvalue weighted by Gasteiger charge is -2.31. The molecule has 0 saturated carbocycles. The molecule has 0 amide bonds. The molecule has 0 radical (unpaired) electrons. The van der Waals surface area contributed by atoms with Crippen molar-refractivity contribution >= 4 is 5.97 Å². The molecule has 100 valence electrons. The Morgan fingerprint density at radius 1 is 1.35 bits per heavy atom. The Labute approximate surface area is 104 Å². The van der Waals surface area contributed by atoms with Gasteiger partial charge in [0.25, 0.3) is 0 Å². The number of carbonyl (C=O) groups is 1. The standard InChI is InChI=1S/C13H25NO3/c1-9-7-11(8-10(2)16-9)17-12(15)5-6-13(3,4)14/h9-11H,5-8,14H2,1-4H3. The maximum Gasteiger partial charge on any atom is 0.306 e. The van der Waals surface area contributed by atoms with Crippen LogP contribution in [0.4, 0.5) is 0 Å². The van der Waals surface area contributed by atoms with Gasteiger partial charge >= 0.3 is 5.97 Å². The largest absolute Gasteiger partial charge is 0.462 e. The van der Waals surface area contributed by atoms with E-state index in [0.29, 0.717) is 12.8 Å². The third-order valence-electron chi connectivity index (χ3n) is 2.93. The molecule has 1 fully saturated rings. The molecular formula is C13H25NO3. The van der Waals surface area contributed by atoms with Crippen molar-refractivity contribution in [2.75, 3.05) is 0 Å². The maximum absolute atomic E-state index is 11.7. The molecule has 2 unspecified atom stereocenters. The Bertz CT molecular complexity index is 250. The quantitative estimate of drug-likeness (QED) is 0.767. The number of rotatable bonds is 4. The van der Waals surface area contributed by atoms with Gasteiger partial charge in [0.1, 0.15) is 6.10 Å². The van der Waals surface area contributed by atoms with Crippen molar-refractivity contribution in [1.82, 2.24) is 0 Å². The molecule has 0 spiro atoms. The van der Waals surface area contributed by atoms with Crippen LogP contribution >= 0.6 is 0 Å². The average molecular weight is 243 g/mol. The molecule has 0 aliphatic carbocycles. The lowest BCUT2D eigenvalue weighted by atomic mass is 10.00. The van der Waals surface area contributed by atoms with Crippen molar-refractivity contribution in [1.29, 1.82) is 0 Å². The summed E-state index contributed by atoms with van der Waals surface area (Å²) in [5, 5.41) is 0. The smallest absolute Gasteiger partial charge is 0.306 e. The Balaban J connectivity index is 2.30. The first-order valence-corrected chi connectivity index (χ1v) is 6.40. The highest BCUT2D eigenvalue weighted by Crippen LogP contribution is 2.22. The molecule has 1 aliphatic rings. The Morgan fingerprint density at radius 2 is 1.88 bits per heavy atom. The molecule has 1 rings (SSSR count). The number of esters is 1. The van der Waals surface area contributed by atoms with E-state index in [1.54, 1.807) is 0 Å². The molecule has 2 N–H and O–H groups in total. The highest BCUT2D eigenvalue weighted by atomic mass is 16.6. The van der Waals surface area contributed by atoms with Crippen molar-refractivity contribution < 1.29 is 14.3 Å². The van der Waals surface area contributed by atoms with Crippen LogP contribution in [0.25, 0.3) is 0 Å². The van der Waals surface area contributed by atoms with Gasteiger partial charge in [0, 0.05) is 24.8 Å². The highest BCUT2D eigenvalue weighted by Gasteiger charge is 2.27. The molecule has 4 nitrogen and oxygen atoms in total. The maximum atomic E-state index is 11.7. The fourth-order valence-corrected chi connectivity index (χ4v) is 2.11. The van der Waals surface area contributed by atoms with Gasteiger partial charge in [0.2, 0.25) is 0 Å². The monoisotopic (exact) mass is 243 g/mol. The number of ether oxygens (including phenoxy) is 2. The summed E-state index contributed by atoms with van der Waals surface area (Å²) in [5.74, 6) is -0.144. The predicted octanol–water partition coefficient (Wildman–Crippen LogP) is 2.00. The molecule has 0 aromatic heterocycles. The van der Waals surface area contributed by atoms with Gasteiger partial charge in [-0.1, -0.05) is 0 Å². The van der Waals surface area contributed by atoms with E-state index < -0.39 is 0 Å². The molecule has 1 heterocycles. The van der Waals surface area contributed by atoms with Crippen molar-refractivity contribution in [3.63, 3.8) is 0 Å². The number of nitrogens with two attached hydrogens (primary N) is 1. The molecule has 2 atom stereocenters. The second-order valence-electron chi connectivity index (χ2n) is 5.83. The average Bonchev–Trinajstić information content (AvgIpc) is 2.11. The van der Waals surface area contributed by atoms with Crippen LogP contribution in [0.2, 0.25) is 0 Å².